The molecule has 0 heterocycles. The van der Waals surface area contributed by atoms with Gasteiger partial charge in [-0.3, -0.25) is 0 Å². The monoisotopic (exact) mass is 258 g/mol. The van der Waals surface area contributed by atoms with Gasteiger partial charge in [-0.1, -0.05) is 20.8 Å². The third-order valence-corrected chi connectivity index (χ3v) is 7.62. The number of amides is 1. The molecule has 0 aliphatic heterocycles. The highest BCUT2D eigenvalue weighted by Crippen LogP contribution is 2.37. The standard InChI is InChI=1S/C11H22N2O3Si/c1-8(13-10(14)15)9(7-12)16-17(5,6)11(2,3)4/h8-9,13H,1-6H3,(H,14,15)/t8-,9-/m0/s1. The largest absolute Gasteiger partial charge is 0.465 e. The summed E-state index contributed by atoms with van der Waals surface area (Å²) in [4.78, 5) is 10.5. The van der Waals surface area contributed by atoms with Crippen LogP contribution >= 0.6 is 0 Å². The van der Waals surface area contributed by atoms with Crippen LogP contribution in [0, 0.1) is 11.3 Å². The minimum atomic E-state index is -2.06. The molecule has 0 aromatic carbocycles. The van der Waals surface area contributed by atoms with Crippen molar-refractivity contribution in [2.75, 3.05) is 0 Å². The van der Waals surface area contributed by atoms with E-state index in [9.17, 15) is 4.79 Å². The molecule has 0 radical (unpaired) electrons. The molecule has 0 rings (SSSR count). The molecule has 0 aliphatic rings. The number of nitrogens with one attached hydrogen (secondary N) is 1. The summed E-state index contributed by atoms with van der Waals surface area (Å²) in [5.41, 5.74) is 0. The van der Waals surface area contributed by atoms with Crippen LogP contribution in [0.25, 0.3) is 0 Å². The molecule has 2 N–H and O–H groups in total. The van der Waals surface area contributed by atoms with Gasteiger partial charge in [-0.15, -0.1) is 0 Å². The number of rotatable bonds is 4. The summed E-state index contributed by atoms with van der Waals surface area (Å²) in [5.74, 6) is 0. The summed E-state index contributed by atoms with van der Waals surface area (Å²) >= 11 is 0. The van der Waals surface area contributed by atoms with E-state index in [2.05, 4.69) is 26.1 Å². The first-order valence-electron chi connectivity index (χ1n) is 5.58. The maximum absolute atomic E-state index is 10.5. The maximum atomic E-state index is 10.5. The van der Waals surface area contributed by atoms with E-state index in [0.717, 1.165) is 0 Å². The number of hydrogen-bond acceptors (Lipinski definition) is 3. The molecule has 0 spiro atoms. The van der Waals surface area contributed by atoms with Gasteiger partial charge in [-0.05, 0) is 25.1 Å². The Balaban J connectivity index is 4.73. The Morgan fingerprint density at radius 3 is 2.24 bits per heavy atom. The van der Waals surface area contributed by atoms with Gasteiger partial charge >= 0.3 is 6.09 Å². The zero-order valence-electron chi connectivity index (χ0n) is 11.4. The van der Waals surface area contributed by atoms with Crippen molar-refractivity contribution in [3.05, 3.63) is 0 Å². The number of carbonyl (C=O) groups is 1. The second kappa shape index (κ2) is 5.51. The van der Waals surface area contributed by atoms with E-state index in [1.165, 1.54) is 0 Å². The zero-order chi connectivity index (χ0) is 13.9. The fourth-order valence-corrected chi connectivity index (χ4v) is 2.25. The molecule has 0 saturated heterocycles. The van der Waals surface area contributed by atoms with Crippen LogP contribution < -0.4 is 5.32 Å². The van der Waals surface area contributed by atoms with Crippen molar-refractivity contribution in [2.45, 2.75) is 58.0 Å². The van der Waals surface area contributed by atoms with Gasteiger partial charge in [-0.2, -0.15) is 5.26 Å². The molecule has 17 heavy (non-hydrogen) atoms. The Kier molecular flexibility index (Phi) is 5.17. The lowest BCUT2D eigenvalue weighted by molar-refractivity contribution is 0.163. The van der Waals surface area contributed by atoms with Crippen molar-refractivity contribution in [2.24, 2.45) is 0 Å². The summed E-state index contributed by atoms with van der Waals surface area (Å²) in [6, 6.07) is 1.49. The van der Waals surface area contributed by atoms with E-state index < -0.39 is 26.6 Å². The fourth-order valence-electron chi connectivity index (χ4n) is 1.00. The van der Waals surface area contributed by atoms with Gasteiger partial charge in [0.15, 0.2) is 14.4 Å². The number of carboxylic acid groups (broad SMARTS) is 1. The van der Waals surface area contributed by atoms with E-state index >= 15 is 0 Å². The van der Waals surface area contributed by atoms with Gasteiger partial charge in [-0.25, -0.2) is 4.79 Å². The molecule has 1 amide bonds. The fraction of sp³-hybridized carbons (Fsp3) is 0.818. The summed E-state index contributed by atoms with van der Waals surface area (Å²) in [6.07, 6.45) is -1.89. The van der Waals surface area contributed by atoms with Gasteiger partial charge < -0.3 is 14.8 Å². The van der Waals surface area contributed by atoms with E-state index in [0.29, 0.717) is 0 Å². The van der Waals surface area contributed by atoms with Gasteiger partial charge in [0.2, 0.25) is 0 Å². The van der Waals surface area contributed by atoms with Gasteiger partial charge in [0.25, 0.3) is 0 Å². The van der Waals surface area contributed by atoms with Crippen molar-refractivity contribution in [3.8, 4) is 6.07 Å². The Bertz CT molecular complexity index is 318. The van der Waals surface area contributed by atoms with Crippen molar-refractivity contribution in [1.82, 2.24) is 5.32 Å². The van der Waals surface area contributed by atoms with E-state index in [4.69, 9.17) is 14.8 Å². The summed E-state index contributed by atoms with van der Waals surface area (Å²) in [6.45, 7) is 11.9. The van der Waals surface area contributed by atoms with Gasteiger partial charge in [0.1, 0.15) is 0 Å². The van der Waals surface area contributed by atoms with Crippen molar-refractivity contribution in [3.63, 3.8) is 0 Å². The first-order valence-corrected chi connectivity index (χ1v) is 8.49. The summed E-state index contributed by atoms with van der Waals surface area (Å²) in [7, 11) is -2.06. The predicted molar refractivity (Wildman–Crippen MR) is 68.3 cm³/mol. The Labute approximate surface area is 104 Å². The lowest BCUT2D eigenvalue weighted by atomic mass is 10.2. The SMILES string of the molecule is C[C@H](NC(=O)O)[C@H](C#N)O[Si](C)(C)C(C)(C)C. The van der Waals surface area contributed by atoms with Gasteiger partial charge in [0.05, 0.1) is 12.1 Å². The predicted octanol–water partition coefficient (Wildman–Crippen LogP) is 2.56. The molecule has 6 heteroatoms. The van der Waals surface area contributed by atoms with E-state index in [1.54, 1.807) is 6.92 Å². The van der Waals surface area contributed by atoms with Crippen LogP contribution in [-0.2, 0) is 4.43 Å². The topological polar surface area (TPSA) is 82.4 Å². The molecule has 0 unspecified atom stereocenters. The average molecular weight is 258 g/mol. The highest BCUT2D eigenvalue weighted by molar-refractivity contribution is 6.74. The van der Waals surface area contributed by atoms with Crippen LogP contribution in [0.3, 0.4) is 0 Å². The average Bonchev–Trinajstić information content (AvgIpc) is 2.10. The third kappa shape index (κ3) is 4.75. The molecule has 5 nitrogen and oxygen atoms in total. The normalized spacial score (nSPS) is 15.8. The third-order valence-electron chi connectivity index (χ3n) is 3.16. The van der Waals surface area contributed by atoms with Crippen molar-refractivity contribution in [1.29, 1.82) is 5.26 Å². The molecule has 2 atom stereocenters. The highest BCUT2D eigenvalue weighted by atomic mass is 28.4. The van der Waals surface area contributed by atoms with E-state index in [-0.39, 0.29) is 5.04 Å². The maximum Gasteiger partial charge on any atom is 0.404 e. The van der Waals surface area contributed by atoms with Crippen LogP contribution in [0.5, 0.6) is 0 Å². The van der Waals surface area contributed by atoms with Crippen LogP contribution in [-0.4, -0.2) is 31.7 Å². The van der Waals surface area contributed by atoms with Gasteiger partial charge in [0, 0.05) is 0 Å². The van der Waals surface area contributed by atoms with Crippen molar-refractivity contribution < 1.29 is 14.3 Å². The minimum absolute atomic E-state index is 0.00889. The molecule has 0 aliphatic carbocycles. The zero-order valence-corrected chi connectivity index (χ0v) is 12.4. The second-order valence-corrected chi connectivity index (χ2v) is 10.4. The number of nitrogens with zero attached hydrogens (tertiary/aromatic N) is 1. The molecule has 0 aromatic heterocycles. The number of nitriles is 1. The number of hydrogen-bond donors (Lipinski definition) is 2. The summed E-state index contributed by atoms with van der Waals surface area (Å²) in [5, 5.41) is 19.9. The first-order chi connectivity index (χ1) is 7.51. The second-order valence-electron chi connectivity index (χ2n) is 5.67. The van der Waals surface area contributed by atoms with Crippen LogP contribution in [0.1, 0.15) is 27.7 Å². The van der Waals surface area contributed by atoms with Crippen molar-refractivity contribution >= 4 is 14.4 Å². The minimum Gasteiger partial charge on any atom is -0.465 e. The van der Waals surface area contributed by atoms with Crippen LogP contribution in [0.15, 0.2) is 0 Å². The molecule has 0 fully saturated rings. The molecule has 0 bridgehead atoms. The van der Waals surface area contributed by atoms with E-state index in [1.807, 2.05) is 19.2 Å². The van der Waals surface area contributed by atoms with Crippen LogP contribution in [0.4, 0.5) is 4.79 Å². The molecule has 98 valence electrons. The lowest BCUT2D eigenvalue weighted by Gasteiger charge is -2.38. The Morgan fingerprint density at radius 2 is 1.94 bits per heavy atom. The molecular formula is C11H22N2O3Si. The molecule has 0 saturated carbocycles. The Hall–Kier alpha value is -1.06. The smallest absolute Gasteiger partial charge is 0.404 e. The first kappa shape index (κ1) is 15.9. The highest BCUT2D eigenvalue weighted by Gasteiger charge is 2.40. The Morgan fingerprint density at radius 1 is 1.47 bits per heavy atom. The van der Waals surface area contributed by atoms with Crippen LogP contribution in [0.2, 0.25) is 18.1 Å². The lowest BCUT2D eigenvalue weighted by Crippen LogP contribution is -2.50. The molecular weight excluding hydrogens is 236 g/mol. The summed E-state index contributed by atoms with van der Waals surface area (Å²) < 4.78 is 5.87. The quantitative estimate of drug-likeness (QED) is 0.759. The molecule has 0 aromatic rings.